The van der Waals surface area contributed by atoms with Crippen molar-refractivity contribution in [3.05, 3.63) is 29.8 Å². The molecule has 0 saturated carbocycles. The van der Waals surface area contributed by atoms with E-state index < -0.39 is 17.6 Å². The highest BCUT2D eigenvalue weighted by Gasteiger charge is 2.30. The summed E-state index contributed by atoms with van der Waals surface area (Å²) in [5.74, 6) is 4.63. The molecule has 3 N–H and O–H groups in total. The fourth-order valence-corrected chi connectivity index (χ4v) is 1.15. The minimum absolute atomic E-state index is 0.239. The first-order chi connectivity index (χ1) is 7.36. The fraction of sp³-hybridized carbons (Fsp3) is 0.222. The maximum Gasteiger partial charge on any atom is 0.416 e. The zero-order chi connectivity index (χ0) is 12.3. The van der Waals surface area contributed by atoms with Gasteiger partial charge in [0.2, 0.25) is 5.91 Å². The average molecular weight is 233 g/mol. The summed E-state index contributed by atoms with van der Waals surface area (Å²) >= 11 is 0. The second-order valence-electron chi connectivity index (χ2n) is 3.03. The van der Waals surface area contributed by atoms with Gasteiger partial charge in [0.25, 0.3) is 0 Å². The Balaban J connectivity index is 2.98. The second-order valence-corrected chi connectivity index (χ2v) is 3.03. The number of hydrogen-bond donors (Lipinski definition) is 2. The van der Waals surface area contributed by atoms with Gasteiger partial charge in [0.05, 0.1) is 11.3 Å². The molecule has 0 aliphatic heterocycles. The van der Waals surface area contributed by atoms with Crippen LogP contribution >= 0.6 is 0 Å². The first-order valence-electron chi connectivity index (χ1n) is 4.30. The van der Waals surface area contributed by atoms with Gasteiger partial charge >= 0.3 is 6.18 Å². The highest BCUT2D eigenvalue weighted by atomic mass is 19.4. The summed E-state index contributed by atoms with van der Waals surface area (Å²) in [7, 11) is 0. The summed E-state index contributed by atoms with van der Waals surface area (Å²) in [6, 6.07) is 4.07. The van der Waals surface area contributed by atoms with Crippen LogP contribution in [0.25, 0.3) is 0 Å². The maximum atomic E-state index is 12.2. The van der Waals surface area contributed by atoms with E-state index >= 15 is 0 Å². The molecule has 0 atom stereocenters. The number of nitrogens with two attached hydrogens (primary N) is 1. The molecule has 0 unspecified atom stereocenters. The highest BCUT2D eigenvalue weighted by molar-refractivity contribution is 5.90. The Morgan fingerprint density at radius 2 is 1.81 bits per heavy atom. The standard InChI is InChI=1S/C9H10F3N3O/c1-6(16)15(14-13)8-4-2-7(3-5-8)9(10,11)12/h2-5,14H,13H2,1H3. The average Bonchev–Trinajstić information content (AvgIpc) is 2.17. The Labute approximate surface area is 89.8 Å². The third kappa shape index (κ3) is 2.71. The topological polar surface area (TPSA) is 58.4 Å². The molecule has 1 rings (SSSR count). The Morgan fingerprint density at radius 1 is 1.31 bits per heavy atom. The van der Waals surface area contributed by atoms with Crippen molar-refractivity contribution in [2.24, 2.45) is 5.84 Å². The van der Waals surface area contributed by atoms with Gasteiger partial charge < -0.3 is 0 Å². The van der Waals surface area contributed by atoms with Crippen LogP contribution in [0.2, 0.25) is 0 Å². The molecule has 1 aromatic carbocycles. The molecule has 0 radical (unpaired) electrons. The van der Waals surface area contributed by atoms with Crippen molar-refractivity contribution in [1.82, 2.24) is 5.53 Å². The van der Waals surface area contributed by atoms with Gasteiger partial charge in [0.15, 0.2) is 0 Å². The number of carbonyl (C=O) groups is 1. The van der Waals surface area contributed by atoms with E-state index in [9.17, 15) is 18.0 Å². The van der Waals surface area contributed by atoms with Gasteiger partial charge in [-0.25, -0.2) is 5.01 Å². The lowest BCUT2D eigenvalue weighted by Crippen LogP contribution is -2.46. The predicted octanol–water partition coefficient (Wildman–Crippen LogP) is 1.44. The van der Waals surface area contributed by atoms with Crippen molar-refractivity contribution in [2.45, 2.75) is 13.1 Å². The lowest BCUT2D eigenvalue weighted by Gasteiger charge is -2.19. The van der Waals surface area contributed by atoms with Crippen LogP contribution in [0, 0.1) is 0 Å². The molecule has 16 heavy (non-hydrogen) atoms. The molecule has 0 bridgehead atoms. The lowest BCUT2D eigenvalue weighted by molar-refractivity contribution is -0.137. The van der Waals surface area contributed by atoms with E-state index in [0.29, 0.717) is 0 Å². The molecule has 1 amide bonds. The number of hydrogen-bond acceptors (Lipinski definition) is 3. The Hall–Kier alpha value is -1.60. The summed E-state index contributed by atoms with van der Waals surface area (Å²) in [6.45, 7) is 1.23. The second kappa shape index (κ2) is 4.50. The van der Waals surface area contributed by atoms with Gasteiger partial charge in [0.1, 0.15) is 0 Å². The zero-order valence-corrected chi connectivity index (χ0v) is 8.38. The number of nitrogens with one attached hydrogen (secondary N) is 1. The van der Waals surface area contributed by atoms with Crippen LogP contribution in [0.3, 0.4) is 0 Å². The molecular weight excluding hydrogens is 223 g/mol. The molecule has 1 aromatic rings. The van der Waals surface area contributed by atoms with E-state index in [1.165, 1.54) is 6.92 Å². The highest BCUT2D eigenvalue weighted by Crippen LogP contribution is 2.30. The fourth-order valence-electron chi connectivity index (χ4n) is 1.15. The number of rotatable bonds is 2. The number of halogens is 3. The molecule has 88 valence electrons. The van der Waals surface area contributed by atoms with Crippen molar-refractivity contribution < 1.29 is 18.0 Å². The summed E-state index contributed by atoms with van der Waals surface area (Å²) in [5, 5.41) is 0.931. The first-order valence-corrected chi connectivity index (χ1v) is 4.30. The minimum atomic E-state index is -4.39. The molecule has 7 heteroatoms. The molecule has 0 saturated heterocycles. The van der Waals surface area contributed by atoms with Crippen LogP contribution < -0.4 is 16.4 Å². The third-order valence-corrected chi connectivity index (χ3v) is 1.90. The van der Waals surface area contributed by atoms with Gasteiger partial charge in [-0.2, -0.15) is 18.7 Å². The maximum absolute atomic E-state index is 12.2. The molecule has 0 aliphatic carbocycles. The van der Waals surface area contributed by atoms with Crippen molar-refractivity contribution in [3.63, 3.8) is 0 Å². The SMILES string of the molecule is CC(=O)N(NN)c1ccc(C(F)(F)F)cc1. The van der Waals surface area contributed by atoms with Crippen LogP contribution in [0.4, 0.5) is 18.9 Å². The smallest absolute Gasteiger partial charge is 0.273 e. The third-order valence-electron chi connectivity index (χ3n) is 1.90. The number of amides is 1. The Morgan fingerprint density at radius 3 is 2.12 bits per heavy atom. The van der Waals surface area contributed by atoms with Crippen LogP contribution in [0.5, 0.6) is 0 Å². The van der Waals surface area contributed by atoms with Crippen molar-refractivity contribution >= 4 is 11.6 Å². The molecule has 0 aromatic heterocycles. The van der Waals surface area contributed by atoms with E-state index in [-0.39, 0.29) is 5.69 Å². The summed E-state index contributed by atoms with van der Waals surface area (Å²) in [6.07, 6.45) is -4.39. The van der Waals surface area contributed by atoms with Crippen LogP contribution in [-0.4, -0.2) is 5.91 Å². The van der Waals surface area contributed by atoms with Gasteiger partial charge in [-0.05, 0) is 24.3 Å². The molecule has 0 aliphatic rings. The van der Waals surface area contributed by atoms with Crippen molar-refractivity contribution in [1.29, 1.82) is 0 Å². The Kier molecular flexibility index (Phi) is 3.51. The van der Waals surface area contributed by atoms with E-state index in [1.54, 1.807) is 0 Å². The number of nitrogens with zero attached hydrogens (tertiary/aromatic N) is 1. The van der Waals surface area contributed by atoms with E-state index in [2.05, 4.69) is 5.53 Å². The van der Waals surface area contributed by atoms with Crippen molar-refractivity contribution in [3.8, 4) is 0 Å². The largest absolute Gasteiger partial charge is 0.416 e. The summed E-state index contributed by atoms with van der Waals surface area (Å²) in [5.41, 5.74) is 1.54. The van der Waals surface area contributed by atoms with E-state index in [4.69, 9.17) is 5.84 Å². The normalized spacial score (nSPS) is 11.3. The molecular formula is C9H10F3N3O. The van der Waals surface area contributed by atoms with Crippen LogP contribution in [-0.2, 0) is 11.0 Å². The van der Waals surface area contributed by atoms with Gasteiger partial charge in [-0.15, -0.1) is 0 Å². The van der Waals surface area contributed by atoms with Crippen molar-refractivity contribution in [2.75, 3.05) is 5.01 Å². The number of alkyl halides is 3. The number of hydrazine groups is 2. The van der Waals surface area contributed by atoms with Crippen LogP contribution in [0.1, 0.15) is 12.5 Å². The Bertz CT molecular complexity index is 375. The minimum Gasteiger partial charge on any atom is -0.273 e. The molecule has 0 heterocycles. The summed E-state index contributed by atoms with van der Waals surface area (Å²) < 4.78 is 36.7. The lowest BCUT2D eigenvalue weighted by atomic mass is 10.2. The number of anilines is 1. The molecule has 0 fully saturated rings. The number of carbonyl (C=O) groups excluding carboxylic acids is 1. The molecule has 4 nitrogen and oxygen atoms in total. The van der Waals surface area contributed by atoms with Crippen LogP contribution in [0.15, 0.2) is 24.3 Å². The van der Waals surface area contributed by atoms with E-state index in [0.717, 1.165) is 29.3 Å². The van der Waals surface area contributed by atoms with Gasteiger partial charge in [-0.1, -0.05) is 0 Å². The van der Waals surface area contributed by atoms with Gasteiger partial charge in [-0.3, -0.25) is 10.6 Å². The quantitative estimate of drug-likeness (QED) is 0.600. The predicted molar refractivity (Wildman–Crippen MR) is 51.9 cm³/mol. The van der Waals surface area contributed by atoms with Gasteiger partial charge in [0, 0.05) is 6.92 Å². The molecule has 0 spiro atoms. The zero-order valence-electron chi connectivity index (χ0n) is 8.38. The first kappa shape index (κ1) is 12.5. The van der Waals surface area contributed by atoms with E-state index in [1.807, 2.05) is 0 Å². The monoisotopic (exact) mass is 233 g/mol. The summed E-state index contributed by atoms with van der Waals surface area (Å²) in [4.78, 5) is 11.0. The number of benzene rings is 1.